The molecule has 0 fully saturated rings. The standard InChI is InChI=1S/C10H18O4/c1-3-6-9(11)14-8-5-7-10(12)13-4-2/h3-8H2,1-2H3. The summed E-state index contributed by atoms with van der Waals surface area (Å²) in [4.78, 5) is 21.7. The second kappa shape index (κ2) is 8.53. The quantitative estimate of drug-likeness (QED) is 0.465. The molecule has 0 atom stereocenters. The van der Waals surface area contributed by atoms with E-state index in [1.54, 1.807) is 6.92 Å². The van der Waals surface area contributed by atoms with Gasteiger partial charge in [0.1, 0.15) is 0 Å². The number of hydrogen-bond acceptors (Lipinski definition) is 4. The molecule has 0 aliphatic heterocycles. The highest BCUT2D eigenvalue weighted by molar-refractivity contribution is 5.70. The van der Waals surface area contributed by atoms with Crippen molar-refractivity contribution in [2.24, 2.45) is 0 Å². The van der Waals surface area contributed by atoms with Crippen LogP contribution in [0, 0.1) is 0 Å². The summed E-state index contributed by atoms with van der Waals surface area (Å²) >= 11 is 0. The molecule has 4 heteroatoms. The molecule has 0 saturated carbocycles. The average molecular weight is 202 g/mol. The van der Waals surface area contributed by atoms with Crippen molar-refractivity contribution in [2.45, 2.75) is 39.5 Å². The molecule has 0 unspecified atom stereocenters. The van der Waals surface area contributed by atoms with E-state index in [1.165, 1.54) is 0 Å². The number of carbonyl (C=O) groups is 2. The third kappa shape index (κ3) is 7.58. The molecule has 0 radical (unpaired) electrons. The van der Waals surface area contributed by atoms with Gasteiger partial charge in [-0.25, -0.2) is 0 Å². The lowest BCUT2D eigenvalue weighted by Crippen LogP contribution is -2.08. The van der Waals surface area contributed by atoms with Crippen LogP contribution < -0.4 is 0 Å². The Hall–Kier alpha value is -1.06. The van der Waals surface area contributed by atoms with Gasteiger partial charge in [0.25, 0.3) is 0 Å². The SMILES string of the molecule is CCCC(=O)OCCCC(=O)OCC. The third-order valence-corrected chi connectivity index (χ3v) is 1.55. The molecule has 0 amide bonds. The summed E-state index contributed by atoms with van der Waals surface area (Å²) < 4.78 is 9.58. The van der Waals surface area contributed by atoms with E-state index in [1.807, 2.05) is 6.92 Å². The van der Waals surface area contributed by atoms with Gasteiger partial charge in [-0.3, -0.25) is 9.59 Å². The smallest absolute Gasteiger partial charge is 0.305 e. The molecule has 0 N–H and O–H groups in total. The van der Waals surface area contributed by atoms with Crippen LogP contribution in [0.25, 0.3) is 0 Å². The number of carbonyl (C=O) groups excluding carboxylic acids is 2. The second-order valence-electron chi connectivity index (χ2n) is 2.88. The van der Waals surface area contributed by atoms with Crippen LogP contribution in [-0.4, -0.2) is 25.2 Å². The van der Waals surface area contributed by atoms with Crippen LogP contribution in [0.3, 0.4) is 0 Å². The number of esters is 2. The minimum Gasteiger partial charge on any atom is -0.466 e. The maximum absolute atomic E-state index is 10.9. The van der Waals surface area contributed by atoms with E-state index in [0.29, 0.717) is 32.5 Å². The van der Waals surface area contributed by atoms with E-state index in [9.17, 15) is 9.59 Å². The van der Waals surface area contributed by atoms with Crippen LogP contribution in [0.4, 0.5) is 0 Å². The van der Waals surface area contributed by atoms with Crippen molar-refractivity contribution >= 4 is 11.9 Å². The highest BCUT2D eigenvalue weighted by Gasteiger charge is 2.03. The average Bonchev–Trinajstić information content (AvgIpc) is 2.13. The van der Waals surface area contributed by atoms with E-state index in [2.05, 4.69) is 0 Å². The van der Waals surface area contributed by atoms with Gasteiger partial charge in [-0.05, 0) is 19.8 Å². The fraction of sp³-hybridized carbons (Fsp3) is 0.800. The first kappa shape index (κ1) is 12.9. The molecule has 0 aromatic carbocycles. The first-order chi connectivity index (χ1) is 6.70. The number of ether oxygens (including phenoxy) is 2. The van der Waals surface area contributed by atoms with E-state index >= 15 is 0 Å². The van der Waals surface area contributed by atoms with Crippen molar-refractivity contribution in [3.05, 3.63) is 0 Å². The van der Waals surface area contributed by atoms with Crippen molar-refractivity contribution in [1.29, 1.82) is 0 Å². The van der Waals surface area contributed by atoms with Gasteiger partial charge in [-0.2, -0.15) is 0 Å². The van der Waals surface area contributed by atoms with Crippen LogP contribution in [0.15, 0.2) is 0 Å². The van der Waals surface area contributed by atoms with E-state index < -0.39 is 0 Å². The molecule has 0 heterocycles. The predicted octanol–water partition coefficient (Wildman–Crippen LogP) is 1.67. The van der Waals surface area contributed by atoms with Gasteiger partial charge in [0.2, 0.25) is 0 Å². The summed E-state index contributed by atoms with van der Waals surface area (Å²) in [6.45, 7) is 4.38. The summed E-state index contributed by atoms with van der Waals surface area (Å²) in [5.74, 6) is -0.435. The molecule has 0 saturated heterocycles. The van der Waals surface area contributed by atoms with Gasteiger partial charge in [-0.1, -0.05) is 6.92 Å². The van der Waals surface area contributed by atoms with Gasteiger partial charge < -0.3 is 9.47 Å². The minimum absolute atomic E-state index is 0.198. The highest BCUT2D eigenvalue weighted by Crippen LogP contribution is 1.96. The lowest BCUT2D eigenvalue weighted by molar-refractivity contribution is -0.147. The van der Waals surface area contributed by atoms with Crippen LogP contribution in [0.2, 0.25) is 0 Å². The van der Waals surface area contributed by atoms with E-state index in [0.717, 1.165) is 6.42 Å². The van der Waals surface area contributed by atoms with Crippen molar-refractivity contribution in [3.8, 4) is 0 Å². The minimum atomic E-state index is -0.237. The summed E-state index contributed by atoms with van der Waals surface area (Å²) in [5.41, 5.74) is 0. The van der Waals surface area contributed by atoms with Gasteiger partial charge >= 0.3 is 11.9 Å². The first-order valence-electron chi connectivity index (χ1n) is 5.02. The fourth-order valence-corrected chi connectivity index (χ4v) is 0.912. The Morgan fingerprint density at radius 2 is 1.64 bits per heavy atom. The topological polar surface area (TPSA) is 52.6 Å². The van der Waals surface area contributed by atoms with Gasteiger partial charge in [0, 0.05) is 12.8 Å². The summed E-state index contributed by atoms with van der Waals surface area (Å²) in [6.07, 6.45) is 2.08. The molecule has 0 aliphatic carbocycles. The maximum Gasteiger partial charge on any atom is 0.305 e. The normalized spacial score (nSPS) is 9.57. The Morgan fingerprint density at radius 1 is 1.00 bits per heavy atom. The molecule has 0 aromatic heterocycles. The van der Waals surface area contributed by atoms with Crippen LogP contribution >= 0.6 is 0 Å². The molecule has 0 aliphatic rings. The Balaban J connectivity index is 3.28. The Bertz CT molecular complexity index is 157. The number of hydrogen-bond donors (Lipinski definition) is 0. The molecule has 4 nitrogen and oxygen atoms in total. The maximum atomic E-state index is 10.9. The summed E-state index contributed by atoms with van der Waals surface area (Å²) in [5, 5.41) is 0. The fourth-order valence-electron chi connectivity index (χ4n) is 0.912. The zero-order valence-corrected chi connectivity index (χ0v) is 8.88. The molecule has 82 valence electrons. The zero-order valence-electron chi connectivity index (χ0n) is 8.88. The predicted molar refractivity (Wildman–Crippen MR) is 51.7 cm³/mol. The molecular weight excluding hydrogens is 184 g/mol. The molecule has 0 rings (SSSR count). The van der Waals surface area contributed by atoms with Crippen LogP contribution in [0.1, 0.15) is 39.5 Å². The molecule has 0 bridgehead atoms. The Labute approximate surface area is 84.6 Å². The second-order valence-corrected chi connectivity index (χ2v) is 2.88. The Kier molecular flexibility index (Phi) is 7.89. The lowest BCUT2D eigenvalue weighted by atomic mass is 10.3. The largest absolute Gasteiger partial charge is 0.466 e. The van der Waals surface area contributed by atoms with Gasteiger partial charge in [0.05, 0.1) is 13.2 Å². The van der Waals surface area contributed by atoms with Crippen molar-refractivity contribution in [2.75, 3.05) is 13.2 Å². The molecule has 0 spiro atoms. The van der Waals surface area contributed by atoms with E-state index in [4.69, 9.17) is 9.47 Å². The van der Waals surface area contributed by atoms with Crippen molar-refractivity contribution < 1.29 is 19.1 Å². The molecule has 0 aromatic rings. The van der Waals surface area contributed by atoms with Crippen molar-refractivity contribution in [1.82, 2.24) is 0 Å². The number of rotatable bonds is 7. The summed E-state index contributed by atoms with van der Waals surface area (Å²) in [7, 11) is 0. The zero-order chi connectivity index (χ0) is 10.8. The van der Waals surface area contributed by atoms with Crippen LogP contribution in [-0.2, 0) is 19.1 Å². The van der Waals surface area contributed by atoms with Crippen LogP contribution in [0.5, 0.6) is 0 Å². The molecular formula is C10H18O4. The Morgan fingerprint density at radius 3 is 2.21 bits per heavy atom. The first-order valence-corrected chi connectivity index (χ1v) is 5.02. The monoisotopic (exact) mass is 202 g/mol. The van der Waals surface area contributed by atoms with Gasteiger partial charge in [0.15, 0.2) is 0 Å². The lowest BCUT2D eigenvalue weighted by Gasteiger charge is -2.03. The third-order valence-electron chi connectivity index (χ3n) is 1.55. The summed E-state index contributed by atoms with van der Waals surface area (Å²) in [6, 6.07) is 0. The van der Waals surface area contributed by atoms with Crippen molar-refractivity contribution in [3.63, 3.8) is 0 Å². The molecule has 14 heavy (non-hydrogen) atoms. The van der Waals surface area contributed by atoms with E-state index in [-0.39, 0.29) is 11.9 Å². The van der Waals surface area contributed by atoms with Gasteiger partial charge in [-0.15, -0.1) is 0 Å². The highest BCUT2D eigenvalue weighted by atomic mass is 16.5.